The maximum atomic E-state index is 11.2. The van der Waals surface area contributed by atoms with Crippen LogP contribution in [0.3, 0.4) is 0 Å². The number of amides is 1. The minimum absolute atomic E-state index is 0.0395. The first-order chi connectivity index (χ1) is 6.63. The van der Waals surface area contributed by atoms with E-state index in [1.165, 1.54) is 6.92 Å². The number of hydrogen-bond acceptors (Lipinski definition) is 3. The Balaban J connectivity index is 2.78. The van der Waals surface area contributed by atoms with Crippen LogP contribution in [0.5, 0.6) is 0 Å². The molecule has 1 aromatic rings. The van der Waals surface area contributed by atoms with Crippen molar-refractivity contribution in [3.63, 3.8) is 0 Å². The van der Waals surface area contributed by atoms with Crippen LogP contribution in [0, 0.1) is 0 Å². The van der Waals surface area contributed by atoms with Crippen molar-refractivity contribution in [1.29, 1.82) is 0 Å². The predicted molar refractivity (Wildman–Crippen MR) is 56.4 cm³/mol. The van der Waals surface area contributed by atoms with Gasteiger partial charge in [0.25, 0.3) is 5.91 Å². The van der Waals surface area contributed by atoms with Gasteiger partial charge < -0.3 is 5.32 Å². The minimum Gasteiger partial charge on any atom is -0.355 e. The maximum absolute atomic E-state index is 11.2. The van der Waals surface area contributed by atoms with Gasteiger partial charge in [-0.15, -0.1) is 0 Å². The summed E-state index contributed by atoms with van der Waals surface area (Å²) in [7, 11) is 1.58. The Kier molecular flexibility index (Phi) is 3.71. The van der Waals surface area contributed by atoms with E-state index in [2.05, 4.69) is 5.32 Å². The Morgan fingerprint density at radius 2 is 1.79 bits per heavy atom. The van der Waals surface area contributed by atoms with Crippen LogP contribution in [-0.2, 0) is 4.79 Å². The van der Waals surface area contributed by atoms with E-state index in [-0.39, 0.29) is 11.0 Å². The highest BCUT2D eigenvalue weighted by molar-refractivity contribution is 8.13. The van der Waals surface area contributed by atoms with E-state index in [1.54, 1.807) is 31.3 Å². The number of thioether (sulfide) groups is 1. The quantitative estimate of drug-likeness (QED) is 0.754. The lowest BCUT2D eigenvalue weighted by molar-refractivity contribution is -0.109. The molecule has 3 nitrogen and oxygen atoms in total. The van der Waals surface area contributed by atoms with Gasteiger partial charge in [-0.1, -0.05) is 11.8 Å². The molecule has 0 aliphatic rings. The summed E-state index contributed by atoms with van der Waals surface area (Å²) in [5, 5.41) is 2.57. The smallest absolute Gasteiger partial charge is 0.251 e. The summed E-state index contributed by atoms with van der Waals surface area (Å²) in [5.41, 5.74) is 0.598. The number of benzene rings is 1. The van der Waals surface area contributed by atoms with Crippen LogP contribution in [0.4, 0.5) is 0 Å². The topological polar surface area (TPSA) is 46.2 Å². The van der Waals surface area contributed by atoms with E-state index < -0.39 is 0 Å². The van der Waals surface area contributed by atoms with Gasteiger partial charge in [-0.05, 0) is 24.3 Å². The van der Waals surface area contributed by atoms with Crippen molar-refractivity contribution in [2.45, 2.75) is 11.8 Å². The molecule has 0 bridgehead atoms. The van der Waals surface area contributed by atoms with Gasteiger partial charge in [0.2, 0.25) is 0 Å². The molecule has 0 fully saturated rings. The molecule has 0 aliphatic heterocycles. The summed E-state index contributed by atoms with van der Waals surface area (Å²) < 4.78 is 0. The van der Waals surface area contributed by atoms with Crippen molar-refractivity contribution in [1.82, 2.24) is 5.32 Å². The number of nitrogens with one attached hydrogen (secondary N) is 1. The summed E-state index contributed by atoms with van der Waals surface area (Å²) in [5.74, 6) is -0.121. The zero-order chi connectivity index (χ0) is 10.6. The number of carbonyl (C=O) groups excluding carboxylic acids is 2. The molecule has 0 heterocycles. The van der Waals surface area contributed by atoms with Crippen molar-refractivity contribution >= 4 is 22.8 Å². The first-order valence-electron chi connectivity index (χ1n) is 4.14. The average molecular weight is 209 g/mol. The molecule has 4 heteroatoms. The van der Waals surface area contributed by atoms with Gasteiger partial charge in [-0.2, -0.15) is 0 Å². The van der Waals surface area contributed by atoms with E-state index in [9.17, 15) is 9.59 Å². The lowest BCUT2D eigenvalue weighted by atomic mass is 10.2. The second-order valence-corrected chi connectivity index (χ2v) is 3.95. The normalized spacial score (nSPS) is 9.57. The lowest BCUT2D eigenvalue weighted by Gasteiger charge is -2.00. The van der Waals surface area contributed by atoms with Gasteiger partial charge in [0.05, 0.1) is 0 Å². The van der Waals surface area contributed by atoms with Crippen LogP contribution >= 0.6 is 11.8 Å². The molecular weight excluding hydrogens is 198 g/mol. The Labute approximate surface area is 86.9 Å². The van der Waals surface area contributed by atoms with E-state index in [4.69, 9.17) is 0 Å². The molecule has 0 spiro atoms. The molecule has 0 saturated heterocycles. The zero-order valence-electron chi connectivity index (χ0n) is 8.03. The third kappa shape index (κ3) is 2.88. The Morgan fingerprint density at radius 3 is 2.21 bits per heavy atom. The van der Waals surface area contributed by atoms with Crippen molar-refractivity contribution in [2.75, 3.05) is 7.05 Å². The molecule has 14 heavy (non-hydrogen) atoms. The molecule has 0 aliphatic carbocycles. The molecule has 1 aromatic carbocycles. The number of hydrogen-bond donors (Lipinski definition) is 1. The van der Waals surface area contributed by atoms with Gasteiger partial charge >= 0.3 is 0 Å². The van der Waals surface area contributed by atoms with E-state index in [0.29, 0.717) is 5.56 Å². The number of carbonyl (C=O) groups is 2. The molecular formula is C10H11NO2S. The summed E-state index contributed by atoms with van der Waals surface area (Å²) in [6.07, 6.45) is 0. The van der Waals surface area contributed by atoms with Gasteiger partial charge in [0, 0.05) is 24.4 Å². The maximum Gasteiger partial charge on any atom is 0.251 e. The third-order valence-corrected chi connectivity index (χ3v) is 2.40. The van der Waals surface area contributed by atoms with Crippen molar-refractivity contribution in [3.8, 4) is 0 Å². The molecule has 1 N–H and O–H groups in total. The molecule has 0 saturated carbocycles. The highest BCUT2D eigenvalue weighted by atomic mass is 32.2. The lowest BCUT2D eigenvalue weighted by Crippen LogP contribution is -2.17. The van der Waals surface area contributed by atoms with Crippen molar-refractivity contribution < 1.29 is 9.59 Å². The molecule has 0 unspecified atom stereocenters. The average Bonchev–Trinajstić information content (AvgIpc) is 2.17. The van der Waals surface area contributed by atoms with E-state index in [0.717, 1.165) is 16.7 Å². The zero-order valence-corrected chi connectivity index (χ0v) is 8.85. The summed E-state index contributed by atoms with van der Waals surface area (Å²) in [6, 6.07) is 6.92. The molecule has 0 atom stereocenters. The summed E-state index contributed by atoms with van der Waals surface area (Å²) in [6.45, 7) is 1.51. The summed E-state index contributed by atoms with van der Waals surface area (Å²) in [4.78, 5) is 22.8. The largest absolute Gasteiger partial charge is 0.355 e. The standard InChI is InChI=1S/C10H11NO2S/c1-7(12)14-9-5-3-8(4-6-9)10(13)11-2/h3-6H,1-2H3,(H,11,13). The molecule has 1 rings (SSSR count). The summed E-state index contributed by atoms with van der Waals surface area (Å²) >= 11 is 1.16. The van der Waals surface area contributed by atoms with Crippen LogP contribution in [0.25, 0.3) is 0 Å². The molecule has 74 valence electrons. The predicted octanol–water partition coefficient (Wildman–Crippen LogP) is 1.68. The van der Waals surface area contributed by atoms with Crippen LogP contribution in [0.15, 0.2) is 29.2 Å². The van der Waals surface area contributed by atoms with E-state index >= 15 is 0 Å². The first kappa shape index (κ1) is 10.8. The highest BCUT2D eigenvalue weighted by Crippen LogP contribution is 2.18. The van der Waals surface area contributed by atoms with E-state index in [1.807, 2.05) is 0 Å². The Bertz CT molecular complexity index is 346. The molecule has 0 radical (unpaired) electrons. The second kappa shape index (κ2) is 4.81. The van der Waals surface area contributed by atoms with Gasteiger partial charge in [-0.25, -0.2) is 0 Å². The second-order valence-electron chi connectivity index (χ2n) is 2.70. The van der Waals surface area contributed by atoms with Crippen molar-refractivity contribution in [3.05, 3.63) is 29.8 Å². The fraction of sp³-hybridized carbons (Fsp3) is 0.200. The monoisotopic (exact) mass is 209 g/mol. The van der Waals surface area contributed by atoms with Gasteiger partial charge in [0.1, 0.15) is 0 Å². The highest BCUT2D eigenvalue weighted by Gasteiger charge is 2.03. The third-order valence-electron chi connectivity index (χ3n) is 1.61. The van der Waals surface area contributed by atoms with Crippen molar-refractivity contribution in [2.24, 2.45) is 0 Å². The fourth-order valence-corrected chi connectivity index (χ4v) is 1.59. The van der Waals surface area contributed by atoms with Crippen LogP contribution in [0.2, 0.25) is 0 Å². The molecule has 1 amide bonds. The van der Waals surface area contributed by atoms with Gasteiger partial charge in [0.15, 0.2) is 5.12 Å². The SMILES string of the molecule is CNC(=O)c1ccc(SC(C)=O)cc1. The Morgan fingerprint density at radius 1 is 1.21 bits per heavy atom. The van der Waals surface area contributed by atoms with Crippen LogP contribution in [0.1, 0.15) is 17.3 Å². The van der Waals surface area contributed by atoms with Crippen LogP contribution < -0.4 is 5.32 Å². The van der Waals surface area contributed by atoms with Crippen LogP contribution in [-0.4, -0.2) is 18.1 Å². The molecule has 0 aromatic heterocycles. The van der Waals surface area contributed by atoms with Gasteiger partial charge in [-0.3, -0.25) is 9.59 Å². The minimum atomic E-state index is -0.121. The number of rotatable bonds is 2. The fourth-order valence-electron chi connectivity index (χ4n) is 0.985. The Hall–Kier alpha value is -1.29. The first-order valence-corrected chi connectivity index (χ1v) is 4.95.